The van der Waals surface area contributed by atoms with Gasteiger partial charge >= 0.3 is 5.97 Å². The van der Waals surface area contributed by atoms with Gasteiger partial charge in [-0.25, -0.2) is 0 Å². The van der Waals surface area contributed by atoms with Crippen molar-refractivity contribution in [1.82, 2.24) is 15.5 Å². The van der Waals surface area contributed by atoms with E-state index in [0.717, 1.165) is 4.90 Å². The first-order valence-corrected chi connectivity index (χ1v) is 7.10. The smallest absolute Gasteiger partial charge is 0.322 e. The zero-order valence-corrected chi connectivity index (χ0v) is 12.6. The number of fused-ring (bicyclic) bond motifs is 1. The largest absolute Gasteiger partial charge is 0.480 e. The molecule has 1 aliphatic heterocycles. The zero-order chi connectivity index (χ0) is 17.7. The van der Waals surface area contributed by atoms with E-state index in [1.807, 2.05) is 0 Å². The van der Waals surface area contributed by atoms with Crippen molar-refractivity contribution in [3.63, 3.8) is 0 Å². The molecule has 0 bridgehead atoms. The summed E-state index contributed by atoms with van der Waals surface area (Å²) in [6.45, 7) is -1.02. The van der Waals surface area contributed by atoms with Crippen LogP contribution in [0.25, 0.3) is 0 Å². The molecule has 1 heterocycles. The fourth-order valence-corrected chi connectivity index (χ4v) is 2.16. The van der Waals surface area contributed by atoms with E-state index in [1.165, 1.54) is 0 Å². The van der Waals surface area contributed by atoms with Crippen LogP contribution in [0.15, 0.2) is 24.3 Å². The number of hydrogen-bond donors (Lipinski definition) is 3. The van der Waals surface area contributed by atoms with Crippen LogP contribution in [0.1, 0.15) is 27.1 Å². The third kappa shape index (κ3) is 3.94. The Labute approximate surface area is 136 Å². The SMILES string of the molecule is O=C(O)CNC(=O)CNC(=O)CCN1C(=O)c2ccccc2C1=O. The molecule has 4 amide bonds. The third-order valence-electron chi connectivity index (χ3n) is 3.32. The minimum atomic E-state index is -1.19. The fraction of sp³-hybridized carbons (Fsp3) is 0.267. The molecule has 126 valence electrons. The minimum Gasteiger partial charge on any atom is -0.480 e. The van der Waals surface area contributed by atoms with Gasteiger partial charge in [-0.05, 0) is 12.1 Å². The van der Waals surface area contributed by atoms with Gasteiger partial charge in [-0.15, -0.1) is 0 Å². The Kier molecular flexibility index (Phi) is 5.25. The van der Waals surface area contributed by atoms with Gasteiger partial charge < -0.3 is 15.7 Å². The van der Waals surface area contributed by atoms with Gasteiger partial charge in [0.1, 0.15) is 6.54 Å². The van der Waals surface area contributed by atoms with Gasteiger partial charge in [-0.3, -0.25) is 28.9 Å². The lowest BCUT2D eigenvalue weighted by Gasteiger charge is -2.13. The summed E-state index contributed by atoms with van der Waals surface area (Å²) in [6, 6.07) is 6.39. The fourth-order valence-electron chi connectivity index (χ4n) is 2.16. The lowest BCUT2D eigenvalue weighted by molar-refractivity contribution is -0.137. The summed E-state index contributed by atoms with van der Waals surface area (Å²) >= 11 is 0. The average molecular weight is 333 g/mol. The second-order valence-corrected chi connectivity index (χ2v) is 5.00. The molecule has 0 aliphatic carbocycles. The number of benzene rings is 1. The highest BCUT2D eigenvalue weighted by Gasteiger charge is 2.34. The number of carbonyl (C=O) groups excluding carboxylic acids is 4. The molecule has 24 heavy (non-hydrogen) atoms. The second kappa shape index (κ2) is 7.36. The molecule has 1 aromatic carbocycles. The van der Waals surface area contributed by atoms with E-state index in [2.05, 4.69) is 10.6 Å². The predicted molar refractivity (Wildman–Crippen MR) is 80.1 cm³/mol. The van der Waals surface area contributed by atoms with Crippen LogP contribution >= 0.6 is 0 Å². The maximum absolute atomic E-state index is 12.1. The molecule has 0 saturated heterocycles. The Balaban J connectivity index is 1.79. The summed E-state index contributed by atoms with van der Waals surface area (Å²) < 4.78 is 0. The lowest BCUT2D eigenvalue weighted by Crippen LogP contribution is -2.40. The van der Waals surface area contributed by atoms with Crippen LogP contribution in [-0.2, 0) is 14.4 Å². The van der Waals surface area contributed by atoms with Gasteiger partial charge in [0.25, 0.3) is 11.8 Å². The van der Waals surface area contributed by atoms with Gasteiger partial charge in [0.15, 0.2) is 0 Å². The van der Waals surface area contributed by atoms with E-state index in [4.69, 9.17) is 5.11 Å². The molecule has 1 aliphatic rings. The number of nitrogens with zero attached hydrogens (tertiary/aromatic N) is 1. The molecule has 3 N–H and O–H groups in total. The molecule has 0 unspecified atom stereocenters. The molecule has 0 aromatic heterocycles. The maximum Gasteiger partial charge on any atom is 0.322 e. The summed E-state index contributed by atoms with van der Waals surface area (Å²) in [7, 11) is 0. The summed E-state index contributed by atoms with van der Waals surface area (Å²) in [5.41, 5.74) is 0.604. The molecule has 9 heteroatoms. The van der Waals surface area contributed by atoms with E-state index >= 15 is 0 Å². The molecular formula is C15H15N3O6. The predicted octanol–water partition coefficient (Wildman–Crippen LogP) is -1.01. The summed E-state index contributed by atoms with van der Waals surface area (Å²) in [5, 5.41) is 12.8. The number of aliphatic carboxylic acids is 1. The average Bonchev–Trinajstić information content (AvgIpc) is 2.80. The molecule has 0 saturated carbocycles. The van der Waals surface area contributed by atoms with Gasteiger partial charge in [-0.1, -0.05) is 12.1 Å². The molecule has 2 rings (SSSR count). The minimum absolute atomic E-state index is 0.102. The van der Waals surface area contributed by atoms with Crippen molar-refractivity contribution in [3.05, 3.63) is 35.4 Å². The van der Waals surface area contributed by atoms with Crippen molar-refractivity contribution >= 4 is 29.6 Å². The number of carboxylic acid groups (broad SMARTS) is 1. The van der Waals surface area contributed by atoms with Gasteiger partial charge in [0.05, 0.1) is 17.7 Å². The highest BCUT2D eigenvalue weighted by Crippen LogP contribution is 2.22. The first-order valence-electron chi connectivity index (χ1n) is 7.10. The highest BCUT2D eigenvalue weighted by molar-refractivity contribution is 6.21. The van der Waals surface area contributed by atoms with Gasteiger partial charge in [0.2, 0.25) is 11.8 Å². The van der Waals surface area contributed by atoms with Crippen molar-refractivity contribution in [1.29, 1.82) is 0 Å². The van der Waals surface area contributed by atoms with Crippen LogP contribution in [-0.4, -0.2) is 59.2 Å². The highest BCUT2D eigenvalue weighted by atomic mass is 16.4. The van der Waals surface area contributed by atoms with Crippen LogP contribution < -0.4 is 10.6 Å². The molecule has 0 radical (unpaired) electrons. The number of rotatable bonds is 7. The number of carboxylic acids is 1. The summed E-state index contributed by atoms with van der Waals surface area (Å²) in [6.07, 6.45) is -0.155. The van der Waals surface area contributed by atoms with Crippen LogP contribution in [0.5, 0.6) is 0 Å². The van der Waals surface area contributed by atoms with Crippen LogP contribution in [0.4, 0.5) is 0 Å². The summed E-state index contributed by atoms with van der Waals surface area (Å²) in [5.74, 6) is -3.28. The molecule has 0 atom stereocenters. The van der Waals surface area contributed by atoms with E-state index in [9.17, 15) is 24.0 Å². The molecule has 1 aromatic rings. The Morgan fingerprint density at radius 2 is 1.46 bits per heavy atom. The van der Waals surface area contributed by atoms with E-state index in [0.29, 0.717) is 11.1 Å². The number of imide groups is 1. The van der Waals surface area contributed by atoms with Crippen molar-refractivity contribution < 1.29 is 29.1 Å². The van der Waals surface area contributed by atoms with Crippen molar-refractivity contribution in [2.75, 3.05) is 19.6 Å². The number of nitrogens with one attached hydrogen (secondary N) is 2. The van der Waals surface area contributed by atoms with Gasteiger partial charge in [0, 0.05) is 13.0 Å². The van der Waals surface area contributed by atoms with E-state index in [1.54, 1.807) is 24.3 Å². The van der Waals surface area contributed by atoms with E-state index < -0.39 is 36.1 Å². The first-order chi connectivity index (χ1) is 11.4. The zero-order valence-electron chi connectivity index (χ0n) is 12.6. The van der Waals surface area contributed by atoms with Crippen molar-refractivity contribution in [2.45, 2.75) is 6.42 Å². The topological polar surface area (TPSA) is 133 Å². The van der Waals surface area contributed by atoms with Crippen LogP contribution in [0.2, 0.25) is 0 Å². The second-order valence-electron chi connectivity index (χ2n) is 5.00. The molecule has 0 fully saturated rings. The molecular weight excluding hydrogens is 318 g/mol. The Morgan fingerprint density at radius 1 is 0.917 bits per heavy atom. The van der Waals surface area contributed by atoms with Crippen molar-refractivity contribution in [3.8, 4) is 0 Å². The first kappa shape index (κ1) is 17.1. The van der Waals surface area contributed by atoms with E-state index in [-0.39, 0.29) is 19.5 Å². The third-order valence-corrected chi connectivity index (χ3v) is 3.32. The summed E-state index contributed by atoms with van der Waals surface area (Å²) in [4.78, 5) is 58.4. The number of amides is 4. The van der Waals surface area contributed by atoms with Crippen molar-refractivity contribution in [2.24, 2.45) is 0 Å². The molecule has 9 nitrogen and oxygen atoms in total. The van der Waals surface area contributed by atoms with Gasteiger partial charge in [-0.2, -0.15) is 0 Å². The Bertz CT molecular complexity index is 680. The normalized spacial score (nSPS) is 12.8. The lowest BCUT2D eigenvalue weighted by atomic mass is 10.1. The molecule has 0 spiro atoms. The number of hydrogen-bond acceptors (Lipinski definition) is 5. The Hall–Kier alpha value is -3.23. The quantitative estimate of drug-likeness (QED) is 0.548. The maximum atomic E-state index is 12.1. The monoisotopic (exact) mass is 333 g/mol. The number of carbonyl (C=O) groups is 5. The van der Waals surface area contributed by atoms with Crippen LogP contribution in [0, 0.1) is 0 Å². The van der Waals surface area contributed by atoms with Crippen LogP contribution in [0.3, 0.4) is 0 Å². The standard InChI is InChI=1S/C15H15N3O6/c19-11(16-7-12(20)17-8-13(21)22)5-6-18-14(23)9-3-1-2-4-10(9)15(18)24/h1-4H,5-8H2,(H,16,19)(H,17,20)(H,21,22). The Morgan fingerprint density at radius 3 is 2.00 bits per heavy atom.